The van der Waals surface area contributed by atoms with Crippen LogP contribution in [0, 0.1) is 0 Å². The molecule has 0 aromatic carbocycles. The highest BCUT2D eigenvalue weighted by Crippen LogP contribution is 2.12. The van der Waals surface area contributed by atoms with Crippen LogP contribution in [-0.2, 0) is 23.9 Å². The molecule has 0 spiro atoms. The van der Waals surface area contributed by atoms with Crippen molar-refractivity contribution in [3.05, 3.63) is 0 Å². The molecular formula is C19H34O6. The molecule has 1 rings (SSSR count). The van der Waals surface area contributed by atoms with Crippen LogP contribution in [0.25, 0.3) is 0 Å². The maximum absolute atomic E-state index is 11.3. The zero-order valence-corrected chi connectivity index (χ0v) is 15.6. The van der Waals surface area contributed by atoms with E-state index in [1.165, 1.54) is 32.1 Å². The van der Waals surface area contributed by atoms with E-state index in [4.69, 9.17) is 14.6 Å². The predicted molar refractivity (Wildman–Crippen MR) is 95.2 cm³/mol. The molecule has 1 fully saturated rings. The van der Waals surface area contributed by atoms with E-state index in [-0.39, 0.29) is 25.2 Å². The first-order valence-corrected chi connectivity index (χ1v) is 9.59. The molecule has 0 unspecified atom stereocenters. The van der Waals surface area contributed by atoms with Gasteiger partial charge in [-0.3, -0.25) is 14.4 Å². The van der Waals surface area contributed by atoms with Crippen LogP contribution in [0.15, 0.2) is 0 Å². The average molecular weight is 358 g/mol. The van der Waals surface area contributed by atoms with Gasteiger partial charge in [0, 0.05) is 19.3 Å². The SMILES string of the molecule is CCCC(=O)O.O=C1CCCCCCCCCCCC(=O)OCCO1. The number of aliphatic carboxylic acids is 1. The lowest BCUT2D eigenvalue weighted by molar-refractivity contribution is -0.152. The van der Waals surface area contributed by atoms with Gasteiger partial charge in [-0.1, -0.05) is 51.9 Å². The topological polar surface area (TPSA) is 89.9 Å². The largest absolute Gasteiger partial charge is 0.481 e. The Balaban J connectivity index is 0.000000823. The van der Waals surface area contributed by atoms with Gasteiger partial charge in [-0.05, 0) is 19.3 Å². The van der Waals surface area contributed by atoms with Crippen molar-refractivity contribution in [2.24, 2.45) is 0 Å². The van der Waals surface area contributed by atoms with E-state index in [1.54, 1.807) is 0 Å². The van der Waals surface area contributed by atoms with Crippen LogP contribution < -0.4 is 0 Å². The molecule has 0 aliphatic carbocycles. The van der Waals surface area contributed by atoms with Crippen molar-refractivity contribution < 1.29 is 29.0 Å². The summed E-state index contributed by atoms with van der Waals surface area (Å²) in [7, 11) is 0. The van der Waals surface area contributed by atoms with Gasteiger partial charge in [0.05, 0.1) is 0 Å². The Labute approximate surface area is 151 Å². The van der Waals surface area contributed by atoms with Crippen LogP contribution in [0.1, 0.15) is 90.4 Å². The number of hydrogen-bond donors (Lipinski definition) is 1. The first-order chi connectivity index (χ1) is 12.1. The summed E-state index contributed by atoms with van der Waals surface area (Å²) in [6.45, 7) is 2.21. The fraction of sp³-hybridized carbons (Fsp3) is 0.842. The highest BCUT2D eigenvalue weighted by atomic mass is 16.6. The molecule has 1 heterocycles. The average Bonchev–Trinajstić information content (AvgIpc) is 2.56. The van der Waals surface area contributed by atoms with Crippen molar-refractivity contribution in [1.82, 2.24) is 0 Å². The molecule has 1 aliphatic heterocycles. The third-order valence-electron chi connectivity index (χ3n) is 3.84. The van der Waals surface area contributed by atoms with Gasteiger partial charge in [-0.25, -0.2) is 0 Å². The predicted octanol–water partition coefficient (Wildman–Crippen LogP) is 4.25. The normalized spacial score (nSPS) is 18.8. The van der Waals surface area contributed by atoms with E-state index >= 15 is 0 Å². The van der Waals surface area contributed by atoms with E-state index in [0.717, 1.165) is 32.1 Å². The molecule has 25 heavy (non-hydrogen) atoms. The summed E-state index contributed by atoms with van der Waals surface area (Å²) in [6, 6.07) is 0. The number of carbonyl (C=O) groups is 3. The minimum atomic E-state index is -0.711. The third-order valence-corrected chi connectivity index (χ3v) is 3.84. The number of carboxylic acids is 1. The fourth-order valence-corrected chi connectivity index (χ4v) is 2.45. The molecule has 1 saturated heterocycles. The summed E-state index contributed by atoms with van der Waals surface area (Å²) in [5.41, 5.74) is 0. The standard InChI is InChI=1S/C15H26O4.C4H8O2/c16-14-10-8-6-4-2-1-3-5-7-9-11-15(17)19-13-12-18-14;1-2-3-4(5)6/h1-13H2;2-3H2,1H3,(H,5,6). The molecule has 0 amide bonds. The van der Waals surface area contributed by atoms with Crippen molar-refractivity contribution in [2.45, 2.75) is 90.4 Å². The smallest absolute Gasteiger partial charge is 0.305 e. The quantitative estimate of drug-likeness (QED) is 0.742. The van der Waals surface area contributed by atoms with E-state index in [0.29, 0.717) is 19.3 Å². The lowest BCUT2D eigenvalue weighted by Crippen LogP contribution is -2.13. The second kappa shape index (κ2) is 17.2. The minimum absolute atomic E-state index is 0.180. The first kappa shape index (κ1) is 23.4. The van der Waals surface area contributed by atoms with Gasteiger partial charge in [-0.15, -0.1) is 0 Å². The van der Waals surface area contributed by atoms with E-state index in [9.17, 15) is 14.4 Å². The molecular weight excluding hydrogens is 324 g/mol. The molecule has 6 nitrogen and oxygen atoms in total. The third kappa shape index (κ3) is 18.6. The highest BCUT2D eigenvalue weighted by Gasteiger charge is 2.06. The molecule has 1 N–H and O–H groups in total. The van der Waals surface area contributed by atoms with E-state index in [2.05, 4.69) is 0 Å². The molecule has 0 atom stereocenters. The first-order valence-electron chi connectivity index (χ1n) is 9.59. The molecule has 0 aromatic rings. The van der Waals surface area contributed by atoms with E-state index in [1.807, 2.05) is 6.92 Å². The van der Waals surface area contributed by atoms with Gasteiger partial charge < -0.3 is 14.6 Å². The van der Waals surface area contributed by atoms with Crippen molar-refractivity contribution in [1.29, 1.82) is 0 Å². The number of esters is 2. The van der Waals surface area contributed by atoms with Crippen LogP contribution in [0.2, 0.25) is 0 Å². The Hall–Kier alpha value is -1.59. The van der Waals surface area contributed by atoms with Crippen LogP contribution in [0.4, 0.5) is 0 Å². The molecule has 146 valence electrons. The molecule has 6 heteroatoms. The summed E-state index contributed by atoms with van der Waals surface area (Å²) < 4.78 is 10.00. The van der Waals surface area contributed by atoms with Crippen LogP contribution in [-0.4, -0.2) is 36.2 Å². The van der Waals surface area contributed by atoms with Crippen LogP contribution in [0.3, 0.4) is 0 Å². The van der Waals surface area contributed by atoms with Gasteiger partial charge in [0.15, 0.2) is 0 Å². The van der Waals surface area contributed by atoms with Crippen molar-refractivity contribution in [3.63, 3.8) is 0 Å². The number of hydrogen-bond acceptors (Lipinski definition) is 5. The Kier molecular flexibility index (Phi) is 16.1. The molecule has 0 aromatic heterocycles. The maximum Gasteiger partial charge on any atom is 0.305 e. The maximum atomic E-state index is 11.3. The Morgan fingerprint density at radius 2 is 1.16 bits per heavy atom. The van der Waals surface area contributed by atoms with Gasteiger partial charge >= 0.3 is 17.9 Å². The zero-order chi connectivity index (χ0) is 18.8. The van der Waals surface area contributed by atoms with E-state index < -0.39 is 5.97 Å². The molecule has 0 radical (unpaired) electrons. The number of rotatable bonds is 2. The van der Waals surface area contributed by atoms with Gasteiger partial charge in [0.25, 0.3) is 0 Å². The fourth-order valence-electron chi connectivity index (χ4n) is 2.45. The van der Waals surface area contributed by atoms with Crippen LogP contribution in [0.5, 0.6) is 0 Å². The van der Waals surface area contributed by atoms with Gasteiger partial charge in [0.1, 0.15) is 13.2 Å². The number of carboxylic acid groups (broad SMARTS) is 1. The lowest BCUT2D eigenvalue weighted by Gasteiger charge is -2.06. The van der Waals surface area contributed by atoms with Crippen molar-refractivity contribution in [3.8, 4) is 0 Å². The second-order valence-electron chi connectivity index (χ2n) is 6.27. The summed E-state index contributed by atoms with van der Waals surface area (Å²) in [5.74, 6) is -1.07. The van der Waals surface area contributed by atoms with Crippen molar-refractivity contribution in [2.75, 3.05) is 13.2 Å². The number of carbonyl (C=O) groups excluding carboxylic acids is 2. The number of ether oxygens (including phenoxy) is 2. The highest BCUT2D eigenvalue weighted by molar-refractivity contribution is 5.70. The Morgan fingerprint density at radius 3 is 1.44 bits per heavy atom. The van der Waals surface area contributed by atoms with Crippen LogP contribution >= 0.6 is 0 Å². The molecule has 1 aliphatic rings. The van der Waals surface area contributed by atoms with Crippen molar-refractivity contribution >= 4 is 17.9 Å². The lowest BCUT2D eigenvalue weighted by atomic mass is 10.1. The second-order valence-corrected chi connectivity index (χ2v) is 6.27. The monoisotopic (exact) mass is 358 g/mol. The molecule has 0 bridgehead atoms. The number of cyclic esters (lactones) is 2. The zero-order valence-electron chi connectivity index (χ0n) is 15.6. The molecule has 0 saturated carbocycles. The summed E-state index contributed by atoms with van der Waals surface area (Å²) in [5, 5.41) is 7.91. The van der Waals surface area contributed by atoms with Gasteiger partial charge in [-0.2, -0.15) is 0 Å². The summed E-state index contributed by atoms with van der Waals surface area (Å²) in [6.07, 6.45) is 12.1. The summed E-state index contributed by atoms with van der Waals surface area (Å²) in [4.78, 5) is 32.3. The Morgan fingerprint density at radius 1 is 0.800 bits per heavy atom. The summed E-state index contributed by atoms with van der Waals surface area (Å²) >= 11 is 0. The van der Waals surface area contributed by atoms with Gasteiger partial charge in [0.2, 0.25) is 0 Å². The Bertz CT molecular complexity index is 341. The minimum Gasteiger partial charge on any atom is -0.481 e.